The van der Waals surface area contributed by atoms with Gasteiger partial charge in [0.05, 0.1) is 0 Å². The third-order valence-corrected chi connectivity index (χ3v) is 3.28. The monoisotopic (exact) mass is 282 g/mol. The first-order valence-electron chi connectivity index (χ1n) is 6.60. The highest BCUT2D eigenvalue weighted by Gasteiger charge is 2.21. The number of hydrogen-bond donors (Lipinski definition) is 1. The molecule has 0 unspecified atom stereocenters. The van der Waals surface area contributed by atoms with Crippen molar-refractivity contribution in [1.29, 1.82) is 0 Å². The Bertz CT molecular complexity index is 666. The van der Waals surface area contributed by atoms with E-state index in [0.717, 1.165) is 11.6 Å². The molecule has 2 nitrogen and oxygen atoms in total. The molecule has 2 aromatic rings. The molecule has 1 aromatic carbocycles. The fourth-order valence-corrected chi connectivity index (χ4v) is 2.51. The second-order valence-corrected chi connectivity index (χ2v) is 5.05. The van der Waals surface area contributed by atoms with Gasteiger partial charge in [0.1, 0.15) is 5.52 Å². The van der Waals surface area contributed by atoms with E-state index < -0.39 is 17.5 Å². The highest BCUT2D eigenvalue weighted by Crippen LogP contribution is 2.35. The van der Waals surface area contributed by atoms with Crippen LogP contribution in [-0.2, 0) is 0 Å². The number of benzene rings is 1. The number of aromatic nitrogens is 1. The van der Waals surface area contributed by atoms with Crippen LogP contribution in [0.25, 0.3) is 10.9 Å². The second-order valence-electron chi connectivity index (χ2n) is 5.05. The third kappa shape index (κ3) is 2.21. The second kappa shape index (κ2) is 5.31. The highest BCUT2D eigenvalue weighted by molar-refractivity contribution is 5.94. The molecule has 20 heavy (non-hydrogen) atoms. The van der Waals surface area contributed by atoms with E-state index in [1.807, 2.05) is 20.8 Å². The van der Waals surface area contributed by atoms with Gasteiger partial charge in [-0.3, -0.25) is 0 Å². The van der Waals surface area contributed by atoms with E-state index in [9.17, 15) is 13.2 Å². The zero-order valence-corrected chi connectivity index (χ0v) is 11.9. The van der Waals surface area contributed by atoms with Gasteiger partial charge in [-0.2, -0.15) is 0 Å². The van der Waals surface area contributed by atoms with Crippen LogP contribution in [0.15, 0.2) is 6.07 Å². The number of hydrogen-bond acceptors (Lipinski definition) is 2. The van der Waals surface area contributed by atoms with Crippen molar-refractivity contribution in [2.24, 2.45) is 0 Å². The first-order valence-corrected chi connectivity index (χ1v) is 6.60. The van der Waals surface area contributed by atoms with E-state index in [2.05, 4.69) is 10.3 Å². The Kier molecular flexibility index (Phi) is 3.88. The molecule has 5 heteroatoms. The fourth-order valence-electron chi connectivity index (χ4n) is 2.51. The largest absolute Gasteiger partial charge is 0.384 e. The van der Waals surface area contributed by atoms with Gasteiger partial charge in [-0.1, -0.05) is 13.8 Å². The summed E-state index contributed by atoms with van der Waals surface area (Å²) < 4.78 is 40.7. The smallest absolute Gasteiger partial charge is 0.196 e. The number of aryl methyl sites for hydroxylation is 1. The Balaban J connectivity index is 2.94. The molecule has 0 radical (unpaired) electrons. The van der Waals surface area contributed by atoms with Crippen molar-refractivity contribution in [2.45, 2.75) is 33.6 Å². The summed E-state index contributed by atoms with van der Waals surface area (Å²) >= 11 is 0. The van der Waals surface area contributed by atoms with E-state index >= 15 is 0 Å². The van der Waals surface area contributed by atoms with Gasteiger partial charge in [0.2, 0.25) is 0 Å². The summed E-state index contributed by atoms with van der Waals surface area (Å²) in [6.07, 6.45) is 0. The quantitative estimate of drug-likeness (QED) is 0.837. The Labute approximate surface area is 116 Å². The molecule has 108 valence electrons. The molecule has 1 heterocycles. The number of fused-ring (bicyclic) bond motifs is 1. The van der Waals surface area contributed by atoms with Crippen LogP contribution in [-0.4, -0.2) is 11.5 Å². The molecule has 0 saturated carbocycles. The lowest BCUT2D eigenvalue weighted by Crippen LogP contribution is -2.08. The lowest BCUT2D eigenvalue weighted by atomic mass is 9.96. The number of nitrogens with one attached hydrogen (secondary N) is 1. The van der Waals surface area contributed by atoms with Crippen molar-refractivity contribution in [2.75, 3.05) is 11.9 Å². The predicted octanol–water partition coefficient (Wildman–Crippen LogP) is 4.52. The molecule has 0 saturated heterocycles. The number of halogens is 3. The number of rotatable bonds is 3. The summed E-state index contributed by atoms with van der Waals surface area (Å²) in [7, 11) is 0. The van der Waals surface area contributed by atoms with Crippen LogP contribution in [0, 0.1) is 24.4 Å². The molecule has 0 aliphatic heterocycles. The van der Waals surface area contributed by atoms with Crippen molar-refractivity contribution in [3.05, 3.63) is 34.8 Å². The van der Waals surface area contributed by atoms with Crippen LogP contribution in [0.1, 0.15) is 37.9 Å². The normalized spacial score (nSPS) is 11.4. The number of anilines is 1. The SMILES string of the molecule is CCNc1c(C(C)C)c(C)nc2c(F)c(F)c(F)cc12. The molecule has 0 atom stereocenters. The number of nitrogens with zero attached hydrogens (tertiary/aromatic N) is 1. The van der Waals surface area contributed by atoms with Gasteiger partial charge >= 0.3 is 0 Å². The minimum Gasteiger partial charge on any atom is -0.384 e. The molecular weight excluding hydrogens is 265 g/mol. The molecular formula is C15H17F3N2. The van der Waals surface area contributed by atoms with Gasteiger partial charge < -0.3 is 5.32 Å². The molecule has 0 amide bonds. The first-order chi connectivity index (χ1) is 9.38. The van der Waals surface area contributed by atoms with Gasteiger partial charge in [0, 0.05) is 23.3 Å². The summed E-state index contributed by atoms with van der Waals surface area (Å²) in [5.74, 6) is -3.78. The van der Waals surface area contributed by atoms with Gasteiger partial charge in [-0.25, -0.2) is 18.2 Å². The van der Waals surface area contributed by atoms with E-state index in [-0.39, 0.29) is 16.8 Å². The summed E-state index contributed by atoms with van der Waals surface area (Å²) in [6.45, 7) is 8.19. The summed E-state index contributed by atoms with van der Waals surface area (Å²) in [4.78, 5) is 4.12. The van der Waals surface area contributed by atoms with Gasteiger partial charge in [-0.05, 0) is 31.4 Å². The maximum atomic E-state index is 13.9. The molecule has 0 aliphatic rings. The molecule has 0 aliphatic carbocycles. The molecule has 0 fully saturated rings. The minimum atomic E-state index is -1.48. The first kappa shape index (κ1) is 14.6. The van der Waals surface area contributed by atoms with Gasteiger partial charge in [0.15, 0.2) is 17.5 Å². The third-order valence-electron chi connectivity index (χ3n) is 3.28. The van der Waals surface area contributed by atoms with E-state index in [1.54, 1.807) is 6.92 Å². The zero-order chi connectivity index (χ0) is 15.0. The summed E-state index contributed by atoms with van der Waals surface area (Å²) in [5, 5.41) is 3.39. The number of pyridine rings is 1. The standard InChI is InChI=1S/C15H17F3N2/c1-5-19-14-9-6-10(16)12(17)13(18)15(9)20-8(4)11(14)7(2)3/h6-7H,5H2,1-4H3,(H,19,20). The zero-order valence-electron chi connectivity index (χ0n) is 11.9. The lowest BCUT2D eigenvalue weighted by Gasteiger charge is -2.19. The topological polar surface area (TPSA) is 24.9 Å². The molecule has 0 spiro atoms. The average Bonchev–Trinajstić information content (AvgIpc) is 2.37. The van der Waals surface area contributed by atoms with Crippen LogP contribution in [0.3, 0.4) is 0 Å². The van der Waals surface area contributed by atoms with E-state index in [4.69, 9.17) is 0 Å². The predicted molar refractivity (Wildman–Crippen MR) is 74.6 cm³/mol. The van der Waals surface area contributed by atoms with Crippen molar-refractivity contribution >= 4 is 16.6 Å². The van der Waals surface area contributed by atoms with Crippen molar-refractivity contribution in [3.63, 3.8) is 0 Å². The highest BCUT2D eigenvalue weighted by atomic mass is 19.2. The van der Waals surface area contributed by atoms with Gasteiger partial charge in [-0.15, -0.1) is 0 Å². The molecule has 1 aromatic heterocycles. The Morgan fingerprint density at radius 3 is 2.40 bits per heavy atom. The minimum absolute atomic E-state index is 0.136. The molecule has 0 bridgehead atoms. The van der Waals surface area contributed by atoms with Crippen molar-refractivity contribution in [3.8, 4) is 0 Å². The maximum Gasteiger partial charge on any atom is 0.196 e. The van der Waals surface area contributed by atoms with Gasteiger partial charge in [0.25, 0.3) is 0 Å². The van der Waals surface area contributed by atoms with Crippen LogP contribution < -0.4 is 5.32 Å². The average molecular weight is 282 g/mol. The van der Waals surface area contributed by atoms with E-state index in [1.165, 1.54) is 0 Å². The Morgan fingerprint density at radius 1 is 1.20 bits per heavy atom. The lowest BCUT2D eigenvalue weighted by molar-refractivity contribution is 0.452. The summed E-state index contributed by atoms with van der Waals surface area (Å²) in [6, 6.07) is 1.00. The van der Waals surface area contributed by atoms with Crippen LogP contribution in [0.4, 0.5) is 18.9 Å². The Morgan fingerprint density at radius 2 is 1.85 bits per heavy atom. The molecule has 2 rings (SSSR count). The Hall–Kier alpha value is -1.78. The fraction of sp³-hybridized carbons (Fsp3) is 0.400. The molecule has 1 N–H and O–H groups in total. The van der Waals surface area contributed by atoms with E-state index in [0.29, 0.717) is 17.9 Å². The van der Waals surface area contributed by atoms with Crippen molar-refractivity contribution in [1.82, 2.24) is 4.98 Å². The van der Waals surface area contributed by atoms with Crippen LogP contribution in [0.2, 0.25) is 0 Å². The van der Waals surface area contributed by atoms with Crippen LogP contribution >= 0.6 is 0 Å². The van der Waals surface area contributed by atoms with Crippen LogP contribution in [0.5, 0.6) is 0 Å². The summed E-state index contributed by atoms with van der Waals surface area (Å²) in [5.41, 5.74) is 2.00. The maximum absolute atomic E-state index is 13.9. The van der Waals surface area contributed by atoms with Crippen molar-refractivity contribution < 1.29 is 13.2 Å².